The number of hydrogen-bond acceptors (Lipinski definition) is 8. The van der Waals surface area contributed by atoms with Crippen molar-refractivity contribution in [3.63, 3.8) is 0 Å². The summed E-state index contributed by atoms with van der Waals surface area (Å²) >= 11 is 0. The number of piperidine rings is 2. The zero-order valence-electron chi connectivity index (χ0n) is 25.1. The van der Waals surface area contributed by atoms with Gasteiger partial charge in [0.1, 0.15) is 11.2 Å². The van der Waals surface area contributed by atoms with Gasteiger partial charge in [-0.05, 0) is 98.1 Å². The second kappa shape index (κ2) is 14.5. The van der Waals surface area contributed by atoms with E-state index in [-0.39, 0.29) is 36.2 Å². The molecular formula is C29H48N2O8S. The van der Waals surface area contributed by atoms with Crippen molar-refractivity contribution in [3.8, 4) is 0 Å². The second-order valence-electron chi connectivity index (χ2n) is 12.6. The molecule has 3 rings (SSSR count). The van der Waals surface area contributed by atoms with Crippen LogP contribution >= 0.6 is 0 Å². The Bertz CT molecular complexity index is 1040. The summed E-state index contributed by atoms with van der Waals surface area (Å²) in [6.07, 6.45) is 2.58. The second-order valence-corrected chi connectivity index (χ2v) is 14.2. The molecule has 0 bridgehead atoms. The van der Waals surface area contributed by atoms with E-state index in [4.69, 9.17) is 18.8 Å². The van der Waals surface area contributed by atoms with E-state index >= 15 is 0 Å². The third-order valence-corrected chi connectivity index (χ3v) is 7.86. The van der Waals surface area contributed by atoms with E-state index in [0.29, 0.717) is 44.9 Å². The molecule has 0 saturated carbocycles. The highest BCUT2D eigenvalue weighted by Gasteiger charge is 2.29. The highest BCUT2D eigenvalue weighted by atomic mass is 32.2. The minimum Gasteiger partial charge on any atom is -0.444 e. The Hall–Kier alpha value is -2.37. The third-order valence-electron chi connectivity index (χ3n) is 6.56. The number of amides is 2. The van der Waals surface area contributed by atoms with Crippen molar-refractivity contribution in [2.75, 3.05) is 39.4 Å². The van der Waals surface area contributed by atoms with Crippen molar-refractivity contribution in [2.24, 2.45) is 11.8 Å². The van der Waals surface area contributed by atoms with Gasteiger partial charge in [-0.2, -0.15) is 8.42 Å². The monoisotopic (exact) mass is 584 g/mol. The van der Waals surface area contributed by atoms with Crippen LogP contribution in [0.5, 0.6) is 0 Å². The Balaban J connectivity index is 0.000000319. The molecule has 40 heavy (non-hydrogen) atoms. The Labute approximate surface area is 240 Å². The zero-order chi connectivity index (χ0) is 30.1. The molecule has 2 aliphatic heterocycles. The van der Waals surface area contributed by atoms with Crippen molar-refractivity contribution < 1.29 is 36.8 Å². The number of hydrogen-bond donors (Lipinski definition) is 1. The fourth-order valence-corrected chi connectivity index (χ4v) is 5.17. The van der Waals surface area contributed by atoms with Crippen molar-refractivity contribution in [1.29, 1.82) is 0 Å². The van der Waals surface area contributed by atoms with Gasteiger partial charge in [0.15, 0.2) is 0 Å². The fourth-order valence-electron chi connectivity index (χ4n) is 4.19. The number of benzene rings is 1. The number of likely N-dealkylation sites (tertiary alicyclic amines) is 2. The molecule has 0 unspecified atom stereocenters. The van der Waals surface area contributed by atoms with Crippen LogP contribution in [0.1, 0.15) is 72.8 Å². The van der Waals surface area contributed by atoms with Crippen molar-refractivity contribution in [1.82, 2.24) is 9.80 Å². The summed E-state index contributed by atoms with van der Waals surface area (Å²) in [5.41, 5.74) is 0.0535. The summed E-state index contributed by atoms with van der Waals surface area (Å²) in [5, 5.41) is 8.97. The maximum atomic E-state index is 12.2. The van der Waals surface area contributed by atoms with Crippen LogP contribution in [0.3, 0.4) is 0 Å². The van der Waals surface area contributed by atoms with Gasteiger partial charge in [-0.1, -0.05) is 17.7 Å². The number of ether oxygens (including phenoxy) is 2. The maximum Gasteiger partial charge on any atom is 0.410 e. The quantitative estimate of drug-likeness (QED) is 0.481. The van der Waals surface area contributed by atoms with Gasteiger partial charge in [0.05, 0.1) is 11.5 Å². The third kappa shape index (κ3) is 12.0. The largest absolute Gasteiger partial charge is 0.444 e. The molecule has 2 amide bonds. The molecule has 0 atom stereocenters. The van der Waals surface area contributed by atoms with Gasteiger partial charge in [-0.25, -0.2) is 9.59 Å². The van der Waals surface area contributed by atoms with Crippen LogP contribution in [-0.2, 0) is 23.8 Å². The Morgan fingerprint density at radius 1 is 0.800 bits per heavy atom. The summed E-state index contributed by atoms with van der Waals surface area (Å²) < 4.78 is 40.3. The molecule has 1 N–H and O–H groups in total. The van der Waals surface area contributed by atoms with Crippen LogP contribution in [0.25, 0.3) is 0 Å². The topological polar surface area (TPSA) is 123 Å². The molecule has 2 heterocycles. The molecule has 11 heteroatoms. The molecule has 2 saturated heterocycles. The van der Waals surface area contributed by atoms with Gasteiger partial charge in [0, 0.05) is 32.8 Å². The van der Waals surface area contributed by atoms with Crippen LogP contribution in [0.4, 0.5) is 9.59 Å². The first-order valence-electron chi connectivity index (χ1n) is 14.0. The predicted octanol–water partition coefficient (Wildman–Crippen LogP) is 4.97. The normalized spacial score (nSPS) is 17.6. The van der Waals surface area contributed by atoms with Crippen LogP contribution in [0, 0.1) is 18.8 Å². The molecule has 2 aliphatic rings. The van der Waals surface area contributed by atoms with Crippen molar-refractivity contribution in [3.05, 3.63) is 29.8 Å². The van der Waals surface area contributed by atoms with E-state index < -0.39 is 21.3 Å². The molecule has 10 nitrogen and oxygen atoms in total. The van der Waals surface area contributed by atoms with Crippen molar-refractivity contribution in [2.45, 2.75) is 90.2 Å². The summed E-state index contributed by atoms with van der Waals surface area (Å²) in [5.74, 6) is 0.461. The Morgan fingerprint density at radius 3 is 1.57 bits per heavy atom. The average Bonchev–Trinajstić information content (AvgIpc) is 2.86. The minimum absolute atomic E-state index is 0.110. The van der Waals surface area contributed by atoms with Crippen LogP contribution < -0.4 is 0 Å². The minimum atomic E-state index is -3.74. The molecule has 0 aromatic heterocycles. The summed E-state index contributed by atoms with van der Waals surface area (Å²) in [4.78, 5) is 27.2. The van der Waals surface area contributed by atoms with Gasteiger partial charge in [0.2, 0.25) is 0 Å². The van der Waals surface area contributed by atoms with Gasteiger partial charge in [-0.15, -0.1) is 0 Å². The Morgan fingerprint density at radius 2 is 1.20 bits per heavy atom. The van der Waals surface area contributed by atoms with E-state index in [1.54, 1.807) is 34.1 Å². The highest BCUT2D eigenvalue weighted by molar-refractivity contribution is 7.86. The van der Waals surface area contributed by atoms with Crippen molar-refractivity contribution >= 4 is 22.3 Å². The van der Waals surface area contributed by atoms with E-state index in [2.05, 4.69) is 0 Å². The number of nitrogens with zero attached hydrogens (tertiary/aromatic N) is 2. The first kappa shape index (κ1) is 33.8. The lowest BCUT2D eigenvalue weighted by molar-refractivity contribution is 0.0152. The lowest BCUT2D eigenvalue weighted by Gasteiger charge is -2.33. The van der Waals surface area contributed by atoms with Gasteiger partial charge in [-0.3, -0.25) is 4.18 Å². The SMILES string of the molecule is CC(C)(C)OC(=O)N1CCC(CO)CC1.Cc1ccc(S(=O)(=O)OCC2CCN(C(=O)OC(C)(C)C)CC2)cc1. The smallest absolute Gasteiger partial charge is 0.410 e. The number of aliphatic hydroxyl groups excluding tert-OH is 1. The van der Waals surface area contributed by atoms with Crippen LogP contribution in [0.2, 0.25) is 0 Å². The molecule has 0 spiro atoms. The van der Waals surface area contributed by atoms with E-state index in [9.17, 15) is 18.0 Å². The van der Waals surface area contributed by atoms with Crippen LogP contribution in [-0.4, -0.2) is 86.1 Å². The molecule has 0 radical (unpaired) electrons. The predicted molar refractivity (Wildman–Crippen MR) is 152 cm³/mol. The summed E-state index contributed by atoms with van der Waals surface area (Å²) in [6.45, 7) is 15.9. The number of carbonyl (C=O) groups is 2. The molecule has 1 aromatic carbocycles. The first-order chi connectivity index (χ1) is 18.5. The van der Waals surface area contributed by atoms with E-state index in [0.717, 1.165) is 18.4 Å². The molecule has 228 valence electrons. The number of aryl methyl sites for hydroxylation is 1. The average molecular weight is 585 g/mol. The summed E-state index contributed by atoms with van der Waals surface area (Å²) in [6, 6.07) is 6.59. The maximum absolute atomic E-state index is 12.2. The fraction of sp³-hybridized carbons (Fsp3) is 0.724. The van der Waals surface area contributed by atoms with Gasteiger partial charge >= 0.3 is 12.2 Å². The van der Waals surface area contributed by atoms with Crippen LogP contribution in [0.15, 0.2) is 29.2 Å². The molecule has 2 fully saturated rings. The lowest BCUT2D eigenvalue weighted by atomic mass is 9.98. The first-order valence-corrected chi connectivity index (χ1v) is 15.4. The van der Waals surface area contributed by atoms with E-state index in [1.807, 2.05) is 48.5 Å². The molecule has 1 aromatic rings. The zero-order valence-corrected chi connectivity index (χ0v) is 26.0. The summed E-state index contributed by atoms with van der Waals surface area (Å²) in [7, 11) is -3.74. The van der Waals surface area contributed by atoms with Gasteiger partial charge in [0.25, 0.3) is 10.1 Å². The number of rotatable bonds is 5. The standard InChI is InChI=1S/C18H27NO5S.C11H21NO3/c1-14-5-7-16(8-6-14)25(21,22)23-13-15-9-11-19(12-10-15)17(20)24-18(2,3)4;1-11(2,3)15-10(14)12-6-4-9(8-13)5-7-12/h5-8,15H,9-13H2,1-4H3;9,13H,4-8H2,1-3H3. The number of carbonyl (C=O) groups excluding carboxylic acids is 2. The molecular weight excluding hydrogens is 536 g/mol. The number of aliphatic hydroxyl groups is 1. The molecule has 0 aliphatic carbocycles. The Kier molecular flexibility index (Phi) is 12.3. The van der Waals surface area contributed by atoms with E-state index in [1.165, 1.54) is 0 Å². The van der Waals surface area contributed by atoms with Gasteiger partial charge < -0.3 is 24.4 Å². The highest BCUT2D eigenvalue weighted by Crippen LogP contribution is 2.22. The lowest BCUT2D eigenvalue weighted by Crippen LogP contribution is -2.42.